The summed E-state index contributed by atoms with van der Waals surface area (Å²) in [5.41, 5.74) is 2.20. The van der Waals surface area contributed by atoms with Crippen molar-refractivity contribution in [2.75, 3.05) is 0 Å². The molecule has 2 unspecified atom stereocenters. The molecular weight excluding hydrogens is 335 g/mol. The van der Waals surface area contributed by atoms with Crippen molar-refractivity contribution in [3.63, 3.8) is 0 Å². The van der Waals surface area contributed by atoms with Crippen molar-refractivity contribution >= 4 is 8.25 Å². The second-order valence-electron chi connectivity index (χ2n) is 5.60. The van der Waals surface area contributed by atoms with E-state index in [4.69, 9.17) is 9.05 Å². The molecule has 0 fully saturated rings. The molecule has 0 aliphatic heterocycles. The Balaban J connectivity index is 1.63. The topological polar surface area (TPSA) is 55.8 Å². The van der Waals surface area contributed by atoms with Crippen LogP contribution >= 0.6 is 8.25 Å². The molecule has 0 heterocycles. The minimum atomic E-state index is -2.28. The lowest BCUT2D eigenvalue weighted by atomic mass is 9.93. The number of rotatable bonds is 6. The Morgan fingerprint density at radius 3 is 1.80 bits per heavy atom. The molecule has 3 rings (SSSR count). The maximum atomic E-state index is 11.9. The molecule has 3 aromatic rings. The van der Waals surface area contributed by atoms with E-state index in [1.807, 2.05) is 30.3 Å². The lowest BCUT2D eigenvalue weighted by Crippen LogP contribution is -1.96. The molecule has 1 N–H and O–H groups in total. The van der Waals surface area contributed by atoms with Crippen molar-refractivity contribution in [2.45, 2.75) is 12.8 Å². The van der Waals surface area contributed by atoms with Gasteiger partial charge in [0.05, 0.1) is 0 Å². The van der Waals surface area contributed by atoms with Gasteiger partial charge in [0.25, 0.3) is 0 Å². The first-order valence-electron chi connectivity index (χ1n) is 7.89. The monoisotopic (exact) mass is 353 g/mol. The first kappa shape index (κ1) is 17.0. The molecule has 5 heteroatoms. The standard InChI is InChI=1S/C20H17O4P/c1-15(16-7-11-18(21)12-8-16)17-9-13-20(14-10-17)24-25(22)23-19-5-3-2-4-6-19/h2-15H,1H3/p+1. The summed E-state index contributed by atoms with van der Waals surface area (Å²) in [6.45, 7) is 2.08. The van der Waals surface area contributed by atoms with Crippen LogP contribution in [0.3, 0.4) is 0 Å². The summed E-state index contributed by atoms with van der Waals surface area (Å²) >= 11 is 0. The maximum Gasteiger partial charge on any atom is 0.805 e. The van der Waals surface area contributed by atoms with Crippen LogP contribution < -0.4 is 9.05 Å². The minimum absolute atomic E-state index is 0.170. The molecule has 0 bridgehead atoms. The van der Waals surface area contributed by atoms with Gasteiger partial charge in [-0.3, -0.25) is 0 Å². The first-order valence-corrected chi connectivity index (χ1v) is 8.98. The van der Waals surface area contributed by atoms with Gasteiger partial charge < -0.3 is 5.11 Å². The van der Waals surface area contributed by atoms with E-state index in [9.17, 15) is 9.67 Å². The first-order chi connectivity index (χ1) is 12.1. The van der Waals surface area contributed by atoms with Gasteiger partial charge in [-0.05, 0) is 47.5 Å². The molecule has 0 saturated carbocycles. The lowest BCUT2D eigenvalue weighted by Gasteiger charge is -2.12. The van der Waals surface area contributed by atoms with E-state index in [-0.39, 0.29) is 11.7 Å². The van der Waals surface area contributed by atoms with Crippen molar-refractivity contribution in [1.82, 2.24) is 0 Å². The van der Waals surface area contributed by atoms with Gasteiger partial charge in [0, 0.05) is 10.5 Å². The van der Waals surface area contributed by atoms with Gasteiger partial charge in [0.1, 0.15) is 5.75 Å². The molecule has 0 spiro atoms. The zero-order valence-electron chi connectivity index (χ0n) is 13.7. The van der Waals surface area contributed by atoms with E-state index in [0.717, 1.165) is 11.1 Å². The van der Waals surface area contributed by atoms with Gasteiger partial charge in [-0.25, -0.2) is 9.05 Å². The SMILES string of the molecule is CC(c1ccc(O)cc1)c1ccc(O[P+](=O)Oc2ccccc2)cc1. The van der Waals surface area contributed by atoms with Crippen molar-refractivity contribution in [3.8, 4) is 17.2 Å². The fraction of sp³-hybridized carbons (Fsp3) is 0.100. The number of phenolic OH excluding ortho intramolecular Hbond substituents is 1. The van der Waals surface area contributed by atoms with Gasteiger partial charge >= 0.3 is 8.25 Å². The molecule has 0 aromatic heterocycles. The molecule has 25 heavy (non-hydrogen) atoms. The second-order valence-corrected chi connectivity index (χ2v) is 6.41. The van der Waals surface area contributed by atoms with Crippen LogP contribution in [-0.4, -0.2) is 5.11 Å². The number of para-hydroxylation sites is 1. The zero-order chi connectivity index (χ0) is 17.6. The fourth-order valence-corrected chi connectivity index (χ4v) is 3.07. The van der Waals surface area contributed by atoms with E-state index in [0.29, 0.717) is 11.5 Å². The highest BCUT2D eigenvalue weighted by Gasteiger charge is 2.24. The minimum Gasteiger partial charge on any atom is -0.508 e. The lowest BCUT2D eigenvalue weighted by molar-refractivity contribution is 0.415. The molecule has 0 aliphatic rings. The van der Waals surface area contributed by atoms with Gasteiger partial charge in [-0.2, -0.15) is 0 Å². The molecule has 0 amide bonds. The summed E-state index contributed by atoms with van der Waals surface area (Å²) in [4.78, 5) is 0. The zero-order valence-corrected chi connectivity index (χ0v) is 14.6. The fourth-order valence-electron chi connectivity index (χ4n) is 2.44. The number of phenols is 1. The average Bonchev–Trinajstić information content (AvgIpc) is 2.63. The van der Waals surface area contributed by atoms with Crippen LogP contribution in [-0.2, 0) is 4.57 Å². The van der Waals surface area contributed by atoms with E-state index in [1.54, 1.807) is 48.5 Å². The van der Waals surface area contributed by atoms with Gasteiger partial charge in [0.2, 0.25) is 0 Å². The molecule has 3 aromatic carbocycles. The smallest absolute Gasteiger partial charge is 0.508 e. The van der Waals surface area contributed by atoms with Crippen LogP contribution in [0.4, 0.5) is 0 Å². The summed E-state index contributed by atoms with van der Waals surface area (Å²) < 4.78 is 22.5. The maximum absolute atomic E-state index is 11.9. The Morgan fingerprint density at radius 1 is 0.760 bits per heavy atom. The molecule has 0 saturated heterocycles. The molecular formula is C20H18O4P+. The number of benzene rings is 3. The van der Waals surface area contributed by atoms with Gasteiger partial charge in [-0.1, -0.05) is 49.4 Å². The quantitative estimate of drug-likeness (QED) is 0.581. The normalized spacial score (nSPS) is 12.3. The molecule has 2 atom stereocenters. The van der Waals surface area contributed by atoms with Crippen molar-refractivity contribution < 1.29 is 18.7 Å². The van der Waals surface area contributed by atoms with E-state index in [1.165, 1.54) is 0 Å². The second kappa shape index (κ2) is 7.82. The predicted molar refractivity (Wildman–Crippen MR) is 97.4 cm³/mol. The highest BCUT2D eigenvalue weighted by molar-refractivity contribution is 7.34. The Labute approximate surface area is 147 Å². The van der Waals surface area contributed by atoms with Crippen LogP contribution in [0.25, 0.3) is 0 Å². The number of hydrogen-bond acceptors (Lipinski definition) is 4. The third-order valence-corrected chi connectivity index (χ3v) is 4.60. The largest absolute Gasteiger partial charge is 0.805 e. The molecule has 0 aliphatic carbocycles. The highest BCUT2D eigenvalue weighted by Crippen LogP contribution is 2.32. The average molecular weight is 353 g/mol. The third-order valence-electron chi connectivity index (χ3n) is 3.88. The van der Waals surface area contributed by atoms with Crippen molar-refractivity contribution in [3.05, 3.63) is 90.0 Å². The summed E-state index contributed by atoms with van der Waals surface area (Å²) in [6, 6.07) is 23.5. The summed E-state index contributed by atoms with van der Waals surface area (Å²) in [5.74, 6) is 1.41. The van der Waals surface area contributed by atoms with Crippen molar-refractivity contribution in [2.24, 2.45) is 0 Å². The third kappa shape index (κ3) is 4.59. The Morgan fingerprint density at radius 2 is 1.24 bits per heavy atom. The molecule has 0 radical (unpaired) electrons. The Bertz CT molecular complexity index is 830. The van der Waals surface area contributed by atoms with Gasteiger partial charge in [0.15, 0.2) is 11.5 Å². The summed E-state index contributed by atoms with van der Waals surface area (Å²) in [6.07, 6.45) is 0. The van der Waals surface area contributed by atoms with Crippen LogP contribution in [0.1, 0.15) is 24.0 Å². The van der Waals surface area contributed by atoms with Crippen LogP contribution in [0.15, 0.2) is 78.9 Å². The van der Waals surface area contributed by atoms with E-state index in [2.05, 4.69) is 6.92 Å². The van der Waals surface area contributed by atoms with Crippen LogP contribution in [0, 0.1) is 0 Å². The predicted octanol–water partition coefficient (Wildman–Crippen LogP) is 5.66. The van der Waals surface area contributed by atoms with Crippen LogP contribution in [0.2, 0.25) is 0 Å². The number of hydrogen-bond donors (Lipinski definition) is 1. The van der Waals surface area contributed by atoms with Crippen molar-refractivity contribution in [1.29, 1.82) is 0 Å². The Kier molecular flexibility index (Phi) is 5.32. The molecule has 4 nitrogen and oxygen atoms in total. The van der Waals surface area contributed by atoms with E-state index < -0.39 is 8.25 Å². The summed E-state index contributed by atoms with van der Waals surface area (Å²) in [5, 5.41) is 9.38. The van der Waals surface area contributed by atoms with Crippen LogP contribution in [0.5, 0.6) is 17.2 Å². The molecule has 126 valence electrons. The van der Waals surface area contributed by atoms with E-state index >= 15 is 0 Å². The summed E-state index contributed by atoms with van der Waals surface area (Å²) in [7, 11) is -2.28. The number of aromatic hydroxyl groups is 1. The highest BCUT2D eigenvalue weighted by atomic mass is 31.1. The van der Waals surface area contributed by atoms with Gasteiger partial charge in [-0.15, -0.1) is 0 Å². The Hall–Kier alpha value is -2.84.